The zero-order valence-electron chi connectivity index (χ0n) is 27.3. The van der Waals surface area contributed by atoms with E-state index in [1.165, 1.54) is 33.5 Å². The fourth-order valence-electron chi connectivity index (χ4n) is 6.09. The molecule has 4 nitrogen and oxygen atoms in total. The number of ketones is 1. The van der Waals surface area contributed by atoms with Crippen LogP contribution in [0.2, 0.25) is 0 Å². The van der Waals surface area contributed by atoms with Crippen LogP contribution in [0.3, 0.4) is 0 Å². The molecule has 0 saturated heterocycles. The molecule has 2 aromatic heterocycles. The van der Waals surface area contributed by atoms with Gasteiger partial charge >= 0.3 is 0 Å². The number of nitrogens with zero attached hydrogens (tertiary/aromatic N) is 2. The quantitative estimate of drug-likeness (QED) is 0.116. The maximum absolute atomic E-state index is 11.7. The maximum Gasteiger partial charge on any atom is 0.162 e. The van der Waals surface area contributed by atoms with E-state index >= 15 is 0 Å². The molecule has 1 radical (unpaired) electrons. The van der Waals surface area contributed by atoms with Crippen LogP contribution in [0.25, 0.3) is 32.9 Å². The second kappa shape index (κ2) is 13.8. The van der Waals surface area contributed by atoms with Crippen LogP contribution >= 0.6 is 0 Å². The summed E-state index contributed by atoms with van der Waals surface area (Å²) in [6, 6.07) is 16.8. The van der Waals surface area contributed by atoms with Gasteiger partial charge in [0.25, 0.3) is 0 Å². The molecule has 0 fully saturated rings. The number of carbonyl (C=O) groups is 1. The normalized spacial score (nSPS) is 13.9. The van der Waals surface area contributed by atoms with Gasteiger partial charge in [0, 0.05) is 50.4 Å². The summed E-state index contributed by atoms with van der Waals surface area (Å²) in [5.74, 6) is 0.547. The van der Waals surface area contributed by atoms with Crippen molar-refractivity contribution in [3.05, 3.63) is 83.4 Å². The van der Waals surface area contributed by atoms with Gasteiger partial charge < -0.3 is 10.1 Å². The van der Waals surface area contributed by atoms with Gasteiger partial charge in [-0.05, 0) is 75.7 Å². The molecule has 0 unspecified atom stereocenters. The van der Waals surface area contributed by atoms with Crippen molar-refractivity contribution in [3.63, 3.8) is 0 Å². The second-order valence-electron chi connectivity index (χ2n) is 13.2. The molecular weight excluding hydrogens is 709 g/mol. The molecule has 0 spiro atoms. The van der Waals surface area contributed by atoms with Gasteiger partial charge in [-0.3, -0.25) is 9.78 Å². The molecular formula is C38H47IrN2O2-. The Bertz CT molecular complexity index is 1620. The Labute approximate surface area is 271 Å². The predicted octanol–water partition coefficient (Wildman–Crippen LogP) is 10.1. The number of aliphatic hydroxyl groups excluding tert-OH is 1. The summed E-state index contributed by atoms with van der Waals surface area (Å²) in [6.45, 7) is 19.5. The number of hydrogen-bond acceptors (Lipinski definition) is 4. The van der Waals surface area contributed by atoms with Gasteiger partial charge in [-0.15, -0.1) is 23.3 Å². The number of benzene rings is 2. The first kappa shape index (κ1) is 34.6. The van der Waals surface area contributed by atoms with Gasteiger partial charge in [-0.1, -0.05) is 92.0 Å². The van der Waals surface area contributed by atoms with E-state index < -0.39 is 0 Å². The summed E-state index contributed by atoms with van der Waals surface area (Å²) in [4.78, 5) is 21.0. The van der Waals surface area contributed by atoms with Gasteiger partial charge in [0.1, 0.15) is 0 Å². The minimum Gasteiger partial charge on any atom is -0.512 e. The first-order chi connectivity index (χ1) is 19.9. The molecule has 4 aromatic rings. The Kier molecular flexibility index (Phi) is 11.1. The molecule has 0 aliphatic heterocycles. The number of carbonyl (C=O) groups excluding carboxylic acids is 1. The minimum atomic E-state index is -0.120. The molecule has 0 amide bonds. The number of pyridine rings is 2. The van der Waals surface area contributed by atoms with Crippen LogP contribution < -0.4 is 0 Å². The number of fused-ring (bicyclic) bond motifs is 3. The van der Waals surface area contributed by atoms with Crippen molar-refractivity contribution in [2.24, 2.45) is 11.8 Å². The average molecular weight is 756 g/mol. The maximum atomic E-state index is 11.7. The molecule has 0 saturated carbocycles. The summed E-state index contributed by atoms with van der Waals surface area (Å²) < 4.78 is 0. The average Bonchev–Trinajstić information content (AvgIpc) is 2.96. The summed E-state index contributed by atoms with van der Waals surface area (Å²) in [5.41, 5.74) is 7.01. The van der Waals surface area contributed by atoms with Crippen LogP contribution in [0.1, 0.15) is 105 Å². The van der Waals surface area contributed by atoms with Crippen LogP contribution in [-0.4, -0.2) is 20.9 Å². The standard InChI is InChI=1S/C25H23N2.C13H24O2.Ir/c1-24(2,3)17-11-16-8-10-27-23-18-14-21-15(7-6-9-26-21)12-19(18)25(4,5)20(13-17)22(16)23;1-5-10(6-2)12(14)9-13(15)11(7-3)8-4;/h6-13H,1-5H3;9-11,14H,5-8H2,1-4H3;/q-1;;/b;12-9-;. The van der Waals surface area contributed by atoms with Crippen molar-refractivity contribution >= 4 is 27.5 Å². The molecule has 2 heterocycles. The molecule has 43 heavy (non-hydrogen) atoms. The largest absolute Gasteiger partial charge is 0.512 e. The molecule has 231 valence electrons. The van der Waals surface area contributed by atoms with Crippen LogP contribution in [0, 0.1) is 17.9 Å². The molecule has 0 atom stereocenters. The van der Waals surface area contributed by atoms with E-state index in [-0.39, 0.29) is 54.3 Å². The second-order valence-corrected chi connectivity index (χ2v) is 13.2. The van der Waals surface area contributed by atoms with E-state index in [0.717, 1.165) is 47.8 Å². The van der Waals surface area contributed by atoms with Crippen molar-refractivity contribution in [3.8, 4) is 11.3 Å². The Morgan fingerprint density at radius 1 is 0.907 bits per heavy atom. The van der Waals surface area contributed by atoms with E-state index in [4.69, 9.17) is 4.98 Å². The summed E-state index contributed by atoms with van der Waals surface area (Å²) in [6.07, 6.45) is 8.66. The third-order valence-electron chi connectivity index (χ3n) is 9.05. The van der Waals surface area contributed by atoms with Crippen LogP contribution in [0.5, 0.6) is 0 Å². The van der Waals surface area contributed by atoms with E-state index in [1.54, 1.807) is 0 Å². The minimum absolute atomic E-state index is 0. The summed E-state index contributed by atoms with van der Waals surface area (Å²) >= 11 is 0. The molecule has 5 rings (SSSR count). The Morgan fingerprint density at radius 3 is 2.16 bits per heavy atom. The summed E-state index contributed by atoms with van der Waals surface area (Å²) in [5, 5.41) is 13.4. The Morgan fingerprint density at radius 2 is 1.56 bits per heavy atom. The molecule has 1 aliphatic rings. The van der Waals surface area contributed by atoms with Crippen LogP contribution in [0.4, 0.5) is 0 Å². The Hall–Kier alpha value is -2.88. The summed E-state index contributed by atoms with van der Waals surface area (Å²) in [7, 11) is 0. The molecule has 1 aliphatic carbocycles. The SMILES string of the molecule is CC(C)(C)c1cc2c3c(nccc3c1)-c1[c-]c3ncccc3cc1C2(C)C.CCC(CC)C(=O)/C=C(\O)C(CC)CC.[Ir]. The van der Waals surface area contributed by atoms with Crippen molar-refractivity contribution in [1.29, 1.82) is 0 Å². The topological polar surface area (TPSA) is 63.1 Å². The number of hydrogen-bond donors (Lipinski definition) is 1. The fourth-order valence-corrected chi connectivity index (χ4v) is 6.09. The number of rotatable bonds is 7. The monoisotopic (exact) mass is 756 g/mol. The Balaban J connectivity index is 0.000000274. The third kappa shape index (κ3) is 6.94. The van der Waals surface area contributed by atoms with Crippen molar-refractivity contribution < 1.29 is 30.0 Å². The van der Waals surface area contributed by atoms with Gasteiger partial charge in [0.15, 0.2) is 5.78 Å². The van der Waals surface area contributed by atoms with Gasteiger partial charge in [-0.2, -0.15) is 0 Å². The van der Waals surface area contributed by atoms with Crippen LogP contribution in [0.15, 0.2) is 60.6 Å². The van der Waals surface area contributed by atoms with E-state index in [2.05, 4.69) is 76.0 Å². The molecule has 0 bridgehead atoms. The van der Waals surface area contributed by atoms with Gasteiger partial charge in [-0.25, -0.2) is 0 Å². The molecule has 5 heteroatoms. The van der Waals surface area contributed by atoms with Crippen molar-refractivity contribution in [2.45, 2.75) is 98.8 Å². The first-order valence-electron chi connectivity index (χ1n) is 15.6. The van der Waals surface area contributed by atoms with Crippen molar-refractivity contribution in [1.82, 2.24) is 9.97 Å². The molecule has 1 N–H and O–H groups in total. The fraction of sp³-hybridized carbons (Fsp3) is 0.447. The number of allylic oxidation sites excluding steroid dienone is 2. The van der Waals surface area contributed by atoms with E-state index in [9.17, 15) is 9.90 Å². The third-order valence-corrected chi connectivity index (χ3v) is 9.05. The first-order valence-corrected chi connectivity index (χ1v) is 15.6. The number of aliphatic hydroxyl groups is 1. The van der Waals surface area contributed by atoms with Gasteiger partial charge in [0.2, 0.25) is 0 Å². The smallest absolute Gasteiger partial charge is 0.162 e. The van der Waals surface area contributed by atoms with Gasteiger partial charge in [0.05, 0.1) is 5.76 Å². The van der Waals surface area contributed by atoms with E-state index in [0.29, 0.717) is 0 Å². The van der Waals surface area contributed by atoms with Crippen molar-refractivity contribution in [2.75, 3.05) is 0 Å². The van der Waals surface area contributed by atoms with E-state index in [1.807, 2.05) is 46.2 Å². The zero-order valence-corrected chi connectivity index (χ0v) is 29.7. The number of aromatic nitrogens is 2. The van der Waals surface area contributed by atoms with Crippen LogP contribution in [-0.2, 0) is 35.7 Å². The zero-order chi connectivity index (χ0) is 30.8. The molecule has 2 aromatic carbocycles. The predicted molar refractivity (Wildman–Crippen MR) is 176 cm³/mol.